The van der Waals surface area contributed by atoms with Crippen molar-refractivity contribution in [3.8, 4) is 11.5 Å². The number of para-hydroxylation sites is 1. The number of methoxy groups -OCH3 is 2. The van der Waals surface area contributed by atoms with Gasteiger partial charge in [-0.3, -0.25) is 14.2 Å². The van der Waals surface area contributed by atoms with Crippen LogP contribution in [0.5, 0.6) is 11.5 Å². The van der Waals surface area contributed by atoms with Crippen molar-refractivity contribution in [3.05, 3.63) is 58.4 Å². The molecule has 0 saturated carbocycles. The number of nitrogens with zero attached hydrogens (tertiary/aromatic N) is 2. The third kappa shape index (κ3) is 4.28. The van der Waals surface area contributed by atoms with Gasteiger partial charge in [-0.2, -0.15) is 0 Å². The molecule has 7 nitrogen and oxygen atoms in total. The third-order valence-electron chi connectivity index (χ3n) is 4.24. The summed E-state index contributed by atoms with van der Waals surface area (Å²) in [6.07, 6.45) is 0.588. The maximum Gasteiger partial charge on any atom is 0.262 e. The second-order valence-corrected chi connectivity index (χ2v) is 7.01. The van der Waals surface area contributed by atoms with E-state index in [2.05, 4.69) is 4.98 Å². The molecule has 146 valence electrons. The molecule has 0 saturated heterocycles. The van der Waals surface area contributed by atoms with E-state index in [1.165, 1.54) is 11.8 Å². The number of rotatable bonds is 8. The Morgan fingerprint density at radius 3 is 2.61 bits per heavy atom. The molecule has 1 heterocycles. The summed E-state index contributed by atoms with van der Waals surface area (Å²) < 4.78 is 12.2. The molecule has 28 heavy (non-hydrogen) atoms. The first kappa shape index (κ1) is 19.8. The van der Waals surface area contributed by atoms with Gasteiger partial charge in [0.05, 0.1) is 30.9 Å². The van der Waals surface area contributed by atoms with Crippen LogP contribution in [0.4, 0.5) is 0 Å². The lowest BCUT2D eigenvalue weighted by Gasteiger charge is -2.14. The molecule has 3 aromatic rings. The molecule has 2 N–H and O–H groups in total. The van der Waals surface area contributed by atoms with Gasteiger partial charge in [0, 0.05) is 6.54 Å². The molecule has 1 amide bonds. The molecule has 0 fully saturated rings. The lowest BCUT2D eigenvalue weighted by Crippen LogP contribution is -2.25. The average molecular weight is 399 g/mol. The first-order valence-corrected chi connectivity index (χ1v) is 9.63. The summed E-state index contributed by atoms with van der Waals surface area (Å²) in [6.45, 7) is 0.410. The number of benzene rings is 2. The van der Waals surface area contributed by atoms with Gasteiger partial charge in [0.2, 0.25) is 5.91 Å². The molecular weight excluding hydrogens is 378 g/mol. The highest BCUT2D eigenvalue weighted by molar-refractivity contribution is 7.99. The van der Waals surface area contributed by atoms with E-state index < -0.39 is 5.91 Å². The standard InChI is InChI=1S/C20H21N3O4S/c1-26-16-8-7-13(11-17(16)27-2)9-10-23-19(25)14-5-3-4-6-15(14)22-20(23)28-12-18(21)24/h3-8,11H,9-10,12H2,1-2H3,(H2,21,24). The molecule has 8 heteroatoms. The summed E-state index contributed by atoms with van der Waals surface area (Å²) in [5.74, 6) is 0.876. The van der Waals surface area contributed by atoms with E-state index in [1.54, 1.807) is 37.0 Å². The second kappa shape index (κ2) is 8.79. The number of aryl methyl sites for hydroxylation is 1. The molecular formula is C20H21N3O4S. The highest BCUT2D eigenvalue weighted by Gasteiger charge is 2.13. The van der Waals surface area contributed by atoms with Gasteiger partial charge >= 0.3 is 0 Å². The fraction of sp³-hybridized carbons (Fsp3) is 0.250. The molecule has 1 aromatic heterocycles. The molecule has 0 radical (unpaired) electrons. The van der Waals surface area contributed by atoms with Crippen molar-refractivity contribution in [2.45, 2.75) is 18.1 Å². The van der Waals surface area contributed by atoms with Gasteiger partial charge in [0.25, 0.3) is 5.56 Å². The van der Waals surface area contributed by atoms with Gasteiger partial charge in [0.1, 0.15) is 0 Å². The van der Waals surface area contributed by atoms with Gasteiger partial charge in [-0.15, -0.1) is 0 Å². The summed E-state index contributed by atoms with van der Waals surface area (Å²) in [6, 6.07) is 12.8. The van der Waals surface area contributed by atoms with E-state index in [1.807, 2.05) is 24.3 Å². The fourth-order valence-corrected chi connectivity index (χ4v) is 3.63. The largest absolute Gasteiger partial charge is 0.493 e. The molecule has 0 aliphatic rings. The number of amides is 1. The number of fused-ring (bicyclic) bond motifs is 1. The Hall–Kier alpha value is -3.00. The summed E-state index contributed by atoms with van der Waals surface area (Å²) in [5.41, 5.74) is 6.71. The summed E-state index contributed by atoms with van der Waals surface area (Å²) in [5, 5.41) is 1.02. The Labute approximate surface area is 166 Å². The zero-order chi connectivity index (χ0) is 20.1. The Morgan fingerprint density at radius 2 is 1.89 bits per heavy atom. The topological polar surface area (TPSA) is 96.4 Å². The number of hydrogen-bond donors (Lipinski definition) is 1. The van der Waals surface area contributed by atoms with Crippen LogP contribution in [0.25, 0.3) is 10.9 Å². The lowest BCUT2D eigenvalue weighted by atomic mass is 10.1. The summed E-state index contributed by atoms with van der Waals surface area (Å²) >= 11 is 1.17. The monoisotopic (exact) mass is 399 g/mol. The number of ether oxygens (including phenoxy) is 2. The molecule has 0 atom stereocenters. The van der Waals surface area contributed by atoms with Crippen molar-refractivity contribution < 1.29 is 14.3 Å². The maximum atomic E-state index is 13.0. The van der Waals surface area contributed by atoms with Crippen molar-refractivity contribution >= 4 is 28.6 Å². The summed E-state index contributed by atoms with van der Waals surface area (Å²) in [7, 11) is 3.16. The Kier molecular flexibility index (Phi) is 6.20. The van der Waals surface area contributed by atoms with Crippen molar-refractivity contribution in [2.75, 3.05) is 20.0 Å². The minimum Gasteiger partial charge on any atom is -0.493 e. The molecule has 0 aliphatic heterocycles. The van der Waals surface area contributed by atoms with Crippen molar-refractivity contribution in [1.82, 2.24) is 9.55 Å². The molecule has 0 aliphatic carbocycles. The average Bonchev–Trinajstić information content (AvgIpc) is 2.71. The number of nitrogens with two attached hydrogens (primary N) is 1. The SMILES string of the molecule is COc1ccc(CCn2c(SCC(N)=O)nc3ccccc3c2=O)cc1OC. The predicted molar refractivity (Wildman–Crippen MR) is 109 cm³/mol. The van der Waals surface area contributed by atoms with Gasteiger partial charge in [0.15, 0.2) is 16.7 Å². The summed E-state index contributed by atoms with van der Waals surface area (Å²) in [4.78, 5) is 28.7. The highest BCUT2D eigenvalue weighted by Crippen LogP contribution is 2.28. The van der Waals surface area contributed by atoms with Crippen molar-refractivity contribution in [3.63, 3.8) is 0 Å². The zero-order valence-corrected chi connectivity index (χ0v) is 16.5. The van der Waals surface area contributed by atoms with Crippen molar-refractivity contribution in [2.24, 2.45) is 5.73 Å². The number of aromatic nitrogens is 2. The first-order chi connectivity index (χ1) is 13.5. The van der Waals surface area contributed by atoms with E-state index in [9.17, 15) is 9.59 Å². The number of thioether (sulfide) groups is 1. The van der Waals surface area contributed by atoms with E-state index in [0.29, 0.717) is 40.5 Å². The van der Waals surface area contributed by atoms with Crippen LogP contribution in [0.15, 0.2) is 52.4 Å². The first-order valence-electron chi connectivity index (χ1n) is 8.65. The number of hydrogen-bond acceptors (Lipinski definition) is 6. The quantitative estimate of drug-likeness (QED) is 0.461. The maximum absolute atomic E-state index is 13.0. The minimum atomic E-state index is -0.459. The third-order valence-corrected chi connectivity index (χ3v) is 5.24. The Balaban J connectivity index is 1.94. The molecule has 0 bridgehead atoms. The smallest absolute Gasteiger partial charge is 0.262 e. The molecule has 0 unspecified atom stereocenters. The Morgan fingerprint density at radius 1 is 1.14 bits per heavy atom. The second-order valence-electron chi connectivity index (χ2n) is 6.06. The van der Waals surface area contributed by atoms with E-state index >= 15 is 0 Å². The van der Waals surface area contributed by atoms with Crippen LogP contribution in [0.3, 0.4) is 0 Å². The van der Waals surface area contributed by atoms with Crippen LogP contribution in [0.1, 0.15) is 5.56 Å². The zero-order valence-electron chi connectivity index (χ0n) is 15.7. The van der Waals surface area contributed by atoms with Crippen LogP contribution in [0.2, 0.25) is 0 Å². The van der Waals surface area contributed by atoms with Crippen LogP contribution < -0.4 is 20.8 Å². The molecule has 0 spiro atoms. The van der Waals surface area contributed by atoms with Crippen LogP contribution in [0, 0.1) is 0 Å². The lowest BCUT2D eigenvalue weighted by molar-refractivity contribution is -0.115. The van der Waals surface area contributed by atoms with Crippen LogP contribution in [-0.2, 0) is 17.8 Å². The molecule has 2 aromatic carbocycles. The van der Waals surface area contributed by atoms with Crippen molar-refractivity contribution in [1.29, 1.82) is 0 Å². The van der Waals surface area contributed by atoms with E-state index in [4.69, 9.17) is 15.2 Å². The number of primary amides is 1. The minimum absolute atomic E-state index is 0.0567. The highest BCUT2D eigenvalue weighted by atomic mass is 32.2. The van der Waals surface area contributed by atoms with Gasteiger partial charge < -0.3 is 15.2 Å². The predicted octanol–water partition coefficient (Wildman–Crippen LogP) is 2.23. The van der Waals surface area contributed by atoms with Gasteiger partial charge in [-0.25, -0.2) is 4.98 Å². The van der Waals surface area contributed by atoms with E-state index in [0.717, 1.165) is 5.56 Å². The van der Waals surface area contributed by atoms with Crippen LogP contribution >= 0.6 is 11.8 Å². The van der Waals surface area contributed by atoms with Gasteiger partial charge in [-0.1, -0.05) is 30.0 Å². The Bertz CT molecular complexity index is 1060. The fourth-order valence-electron chi connectivity index (χ4n) is 2.87. The van der Waals surface area contributed by atoms with E-state index in [-0.39, 0.29) is 11.3 Å². The van der Waals surface area contributed by atoms with Crippen LogP contribution in [-0.4, -0.2) is 35.4 Å². The number of carbonyl (C=O) groups excluding carboxylic acids is 1. The molecule has 3 rings (SSSR count). The normalized spacial score (nSPS) is 10.8. The number of carbonyl (C=O) groups is 1. The van der Waals surface area contributed by atoms with Gasteiger partial charge in [-0.05, 0) is 36.2 Å².